The van der Waals surface area contributed by atoms with E-state index >= 15 is 0 Å². The van der Waals surface area contributed by atoms with Gasteiger partial charge in [0, 0.05) is 25.4 Å². The molecule has 0 aromatic rings. The van der Waals surface area contributed by atoms with Crippen LogP contribution in [0.2, 0.25) is 0 Å². The number of rotatable bonds is 7. The average Bonchev–Trinajstić information content (AvgIpc) is 2.55. The van der Waals surface area contributed by atoms with Gasteiger partial charge in [-0.1, -0.05) is 19.3 Å². The molecule has 2 rings (SSSR count). The Kier molecular flexibility index (Phi) is 10.3. The minimum atomic E-state index is 0. The molecule has 0 atom stereocenters. The monoisotopic (exact) mass is 345 g/mol. The van der Waals surface area contributed by atoms with Crippen LogP contribution in [0.5, 0.6) is 0 Å². The zero-order valence-corrected chi connectivity index (χ0v) is 14.9. The van der Waals surface area contributed by atoms with Crippen molar-refractivity contribution in [2.24, 2.45) is 5.92 Å². The second-order valence-electron chi connectivity index (χ2n) is 6.73. The van der Waals surface area contributed by atoms with E-state index < -0.39 is 0 Å². The van der Waals surface area contributed by atoms with Crippen molar-refractivity contribution in [1.82, 2.24) is 16.0 Å². The molecule has 2 amide bonds. The van der Waals surface area contributed by atoms with Gasteiger partial charge in [0.2, 0.25) is 11.8 Å². The Balaban J connectivity index is 0.00000264. The van der Waals surface area contributed by atoms with Crippen LogP contribution in [0.3, 0.4) is 0 Å². The first-order valence-corrected chi connectivity index (χ1v) is 9.01. The highest BCUT2D eigenvalue weighted by atomic mass is 35.5. The Labute approximate surface area is 146 Å². The Morgan fingerprint density at radius 3 is 2.30 bits per heavy atom. The number of carbonyl (C=O) groups is 2. The number of hydrogen-bond acceptors (Lipinski definition) is 3. The quantitative estimate of drug-likeness (QED) is 0.662. The van der Waals surface area contributed by atoms with E-state index in [9.17, 15) is 9.59 Å². The summed E-state index contributed by atoms with van der Waals surface area (Å²) >= 11 is 0. The van der Waals surface area contributed by atoms with Crippen molar-refractivity contribution in [3.8, 4) is 0 Å². The van der Waals surface area contributed by atoms with Crippen LogP contribution in [0, 0.1) is 5.92 Å². The summed E-state index contributed by atoms with van der Waals surface area (Å²) in [5.41, 5.74) is 0. The lowest BCUT2D eigenvalue weighted by Gasteiger charge is -2.23. The normalized spacial score (nSPS) is 19.7. The number of nitrogens with one attached hydrogen (secondary N) is 3. The molecule has 1 saturated heterocycles. The third-order valence-corrected chi connectivity index (χ3v) is 4.88. The van der Waals surface area contributed by atoms with Gasteiger partial charge in [0.15, 0.2) is 0 Å². The Hall–Kier alpha value is -0.810. The first-order chi connectivity index (χ1) is 10.7. The maximum Gasteiger partial charge on any atom is 0.221 e. The van der Waals surface area contributed by atoms with E-state index in [1.54, 1.807) is 0 Å². The fourth-order valence-electron chi connectivity index (χ4n) is 3.46. The van der Waals surface area contributed by atoms with Gasteiger partial charge < -0.3 is 16.0 Å². The van der Waals surface area contributed by atoms with E-state index in [1.807, 2.05) is 0 Å². The highest BCUT2D eigenvalue weighted by molar-refractivity contribution is 5.85. The maximum atomic E-state index is 11.8. The molecule has 5 nitrogen and oxygen atoms in total. The minimum absolute atomic E-state index is 0. The molecule has 1 saturated carbocycles. The van der Waals surface area contributed by atoms with Crippen molar-refractivity contribution >= 4 is 24.2 Å². The third kappa shape index (κ3) is 8.56. The first kappa shape index (κ1) is 20.2. The lowest BCUT2D eigenvalue weighted by atomic mass is 9.93. The van der Waals surface area contributed by atoms with Crippen LogP contribution >= 0.6 is 12.4 Å². The summed E-state index contributed by atoms with van der Waals surface area (Å²) in [6.07, 6.45) is 10.3. The molecule has 0 aromatic carbocycles. The van der Waals surface area contributed by atoms with E-state index in [1.165, 1.54) is 32.1 Å². The molecule has 6 heteroatoms. The summed E-state index contributed by atoms with van der Waals surface area (Å²) in [4.78, 5) is 23.6. The van der Waals surface area contributed by atoms with Crippen LogP contribution in [0.15, 0.2) is 0 Å². The maximum absolute atomic E-state index is 11.8. The molecule has 0 bridgehead atoms. The van der Waals surface area contributed by atoms with Gasteiger partial charge in [-0.25, -0.2) is 0 Å². The molecule has 1 aliphatic carbocycles. The molecular weight excluding hydrogens is 314 g/mol. The molecule has 0 radical (unpaired) electrons. The number of halogens is 1. The van der Waals surface area contributed by atoms with E-state index in [0.717, 1.165) is 32.4 Å². The second-order valence-corrected chi connectivity index (χ2v) is 6.73. The summed E-state index contributed by atoms with van der Waals surface area (Å²) < 4.78 is 0. The van der Waals surface area contributed by atoms with Crippen LogP contribution in [0.1, 0.15) is 64.2 Å². The molecule has 3 N–H and O–H groups in total. The van der Waals surface area contributed by atoms with Gasteiger partial charge in [0.1, 0.15) is 0 Å². The third-order valence-electron chi connectivity index (χ3n) is 4.88. The summed E-state index contributed by atoms with van der Waals surface area (Å²) in [7, 11) is 0. The molecule has 23 heavy (non-hydrogen) atoms. The second kappa shape index (κ2) is 11.7. The molecule has 0 unspecified atom stereocenters. The van der Waals surface area contributed by atoms with Gasteiger partial charge in [-0.15, -0.1) is 12.4 Å². The molecular formula is C17H32ClN3O2. The van der Waals surface area contributed by atoms with Crippen molar-refractivity contribution < 1.29 is 9.59 Å². The molecule has 134 valence electrons. The van der Waals surface area contributed by atoms with E-state index in [0.29, 0.717) is 31.3 Å². The average molecular weight is 346 g/mol. The standard InChI is InChI=1S/C17H31N3O2.ClH/c21-16(7-6-14-8-11-18-12-9-14)19-13-10-17(22)20-15-4-2-1-3-5-15;/h14-15,18H,1-13H2,(H,19,21)(H,20,22);1H. The zero-order chi connectivity index (χ0) is 15.6. The Morgan fingerprint density at radius 1 is 0.913 bits per heavy atom. The highest BCUT2D eigenvalue weighted by Gasteiger charge is 2.16. The number of piperidine rings is 1. The van der Waals surface area contributed by atoms with E-state index in [2.05, 4.69) is 16.0 Å². The van der Waals surface area contributed by atoms with Crippen LogP contribution in [-0.4, -0.2) is 37.5 Å². The van der Waals surface area contributed by atoms with Crippen molar-refractivity contribution in [3.05, 3.63) is 0 Å². The number of hydrogen-bond donors (Lipinski definition) is 3. The largest absolute Gasteiger partial charge is 0.356 e. The molecule has 0 spiro atoms. The van der Waals surface area contributed by atoms with Crippen LogP contribution in [0.4, 0.5) is 0 Å². The molecule has 2 fully saturated rings. The smallest absolute Gasteiger partial charge is 0.221 e. The highest BCUT2D eigenvalue weighted by Crippen LogP contribution is 2.18. The van der Waals surface area contributed by atoms with Crippen LogP contribution < -0.4 is 16.0 Å². The zero-order valence-electron chi connectivity index (χ0n) is 14.1. The lowest BCUT2D eigenvalue weighted by Crippen LogP contribution is -2.38. The predicted molar refractivity (Wildman–Crippen MR) is 94.7 cm³/mol. The summed E-state index contributed by atoms with van der Waals surface area (Å²) in [6.45, 7) is 2.62. The summed E-state index contributed by atoms with van der Waals surface area (Å²) in [5, 5.41) is 9.29. The first-order valence-electron chi connectivity index (χ1n) is 9.01. The van der Waals surface area contributed by atoms with Crippen molar-refractivity contribution in [3.63, 3.8) is 0 Å². The van der Waals surface area contributed by atoms with Gasteiger partial charge in [0.05, 0.1) is 0 Å². The fraction of sp³-hybridized carbons (Fsp3) is 0.882. The van der Waals surface area contributed by atoms with Crippen molar-refractivity contribution in [2.45, 2.75) is 70.3 Å². The van der Waals surface area contributed by atoms with Crippen molar-refractivity contribution in [1.29, 1.82) is 0 Å². The van der Waals surface area contributed by atoms with E-state index in [-0.39, 0.29) is 24.2 Å². The topological polar surface area (TPSA) is 70.2 Å². The predicted octanol–water partition coefficient (Wildman–Crippen LogP) is 2.14. The van der Waals surface area contributed by atoms with Gasteiger partial charge in [-0.3, -0.25) is 9.59 Å². The van der Waals surface area contributed by atoms with Crippen molar-refractivity contribution in [2.75, 3.05) is 19.6 Å². The van der Waals surface area contributed by atoms with Gasteiger partial charge in [-0.05, 0) is 51.1 Å². The van der Waals surface area contributed by atoms with Gasteiger partial charge in [0.25, 0.3) is 0 Å². The summed E-state index contributed by atoms with van der Waals surface area (Å²) in [6, 6.07) is 0.358. The molecule has 2 aliphatic rings. The van der Waals surface area contributed by atoms with E-state index in [4.69, 9.17) is 0 Å². The van der Waals surface area contributed by atoms with Gasteiger partial charge >= 0.3 is 0 Å². The number of amides is 2. The minimum Gasteiger partial charge on any atom is -0.356 e. The SMILES string of the molecule is Cl.O=C(CCC1CCNCC1)NCCC(=O)NC1CCCCC1. The Morgan fingerprint density at radius 2 is 1.61 bits per heavy atom. The fourth-order valence-corrected chi connectivity index (χ4v) is 3.46. The molecule has 0 aromatic heterocycles. The lowest BCUT2D eigenvalue weighted by molar-refractivity contribution is -0.123. The Bertz CT molecular complexity index is 354. The van der Waals surface area contributed by atoms with Crippen LogP contribution in [-0.2, 0) is 9.59 Å². The molecule has 1 aliphatic heterocycles. The summed E-state index contributed by atoms with van der Waals surface area (Å²) in [5.74, 6) is 0.844. The van der Waals surface area contributed by atoms with Gasteiger partial charge in [-0.2, -0.15) is 0 Å². The molecule has 1 heterocycles. The number of carbonyl (C=O) groups excluding carboxylic acids is 2. The van der Waals surface area contributed by atoms with Crippen LogP contribution in [0.25, 0.3) is 0 Å².